The maximum absolute atomic E-state index is 12.1. The van der Waals surface area contributed by atoms with E-state index in [9.17, 15) is 9.90 Å². The second-order valence-corrected chi connectivity index (χ2v) is 6.28. The summed E-state index contributed by atoms with van der Waals surface area (Å²) in [6.07, 6.45) is 2.22. The summed E-state index contributed by atoms with van der Waals surface area (Å²) in [7, 11) is 0. The number of phenolic OH excluding ortho intramolecular Hbond substituents is 1. The molecule has 0 aliphatic rings. The first-order valence-corrected chi connectivity index (χ1v) is 7.53. The van der Waals surface area contributed by atoms with Gasteiger partial charge >= 0.3 is 0 Å². The molecule has 2 aromatic rings. The molecule has 1 aromatic heterocycles. The van der Waals surface area contributed by atoms with Crippen molar-refractivity contribution in [1.29, 1.82) is 0 Å². The van der Waals surface area contributed by atoms with Gasteiger partial charge in [-0.3, -0.25) is 4.79 Å². The van der Waals surface area contributed by atoms with Crippen molar-refractivity contribution in [2.24, 2.45) is 5.73 Å². The number of thiazole rings is 1. The third kappa shape index (κ3) is 4.27. The molecule has 112 valence electrons. The van der Waals surface area contributed by atoms with Gasteiger partial charge < -0.3 is 16.2 Å². The third-order valence-corrected chi connectivity index (χ3v) is 4.19. The van der Waals surface area contributed by atoms with E-state index in [1.807, 2.05) is 13.8 Å². The molecule has 1 heterocycles. The molecule has 1 amide bonds. The zero-order chi connectivity index (χ0) is 15.4. The molecule has 0 fully saturated rings. The standard InChI is InChI=1S/C15H19N3O2S/c1-9-8-17-15(21-9)10(2)18-14(20)13(16)7-11-3-5-12(19)6-4-11/h3-6,8,10,13,19H,7,16H2,1-2H3,(H,18,20). The number of amides is 1. The Hall–Kier alpha value is -1.92. The number of carbonyl (C=O) groups is 1. The van der Waals surface area contributed by atoms with E-state index in [2.05, 4.69) is 10.3 Å². The van der Waals surface area contributed by atoms with Crippen molar-refractivity contribution in [3.63, 3.8) is 0 Å². The van der Waals surface area contributed by atoms with Gasteiger partial charge in [-0.05, 0) is 38.0 Å². The first-order chi connectivity index (χ1) is 9.95. The zero-order valence-electron chi connectivity index (χ0n) is 12.0. The van der Waals surface area contributed by atoms with Gasteiger partial charge in [0.1, 0.15) is 10.8 Å². The van der Waals surface area contributed by atoms with E-state index in [1.54, 1.807) is 41.8 Å². The summed E-state index contributed by atoms with van der Waals surface area (Å²) >= 11 is 1.56. The van der Waals surface area contributed by atoms with Gasteiger partial charge in [-0.15, -0.1) is 11.3 Å². The molecule has 0 spiro atoms. The van der Waals surface area contributed by atoms with Crippen LogP contribution in [0.1, 0.15) is 28.4 Å². The van der Waals surface area contributed by atoms with Crippen molar-refractivity contribution in [2.75, 3.05) is 0 Å². The topological polar surface area (TPSA) is 88.2 Å². The van der Waals surface area contributed by atoms with Crippen molar-refractivity contribution in [2.45, 2.75) is 32.4 Å². The Bertz CT molecular complexity index is 610. The van der Waals surface area contributed by atoms with Crippen LogP contribution in [0.3, 0.4) is 0 Å². The number of aryl methyl sites for hydroxylation is 1. The van der Waals surface area contributed by atoms with Crippen LogP contribution in [0.25, 0.3) is 0 Å². The Morgan fingerprint density at radius 2 is 2.10 bits per heavy atom. The van der Waals surface area contributed by atoms with Gasteiger partial charge in [-0.1, -0.05) is 12.1 Å². The Kier molecular flexibility index (Phi) is 4.93. The largest absolute Gasteiger partial charge is 0.508 e. The van der Waals surface area contributed by atoms with Crippen molar-refractivity contribution < 1.29 is 9.90 Å². The van der Waals surface area contributed by atoms with Crippen molar-refractivity contribution in [1.82, 2.24) is 10.3 Å². The summed E-state index contributed by atoms with van der Waals surface area (Å²) < 4.78 is 0. The second kappa shape index (κ2) is 6.69. The zero-order valence-corrected chi connectivity index (χ0v) is 12.9. The summed E-state index contributed by atoms with van der Waals surface area (Å²) in [5, 5.41) is 13.0. The minimum atomic E-state index is -0.627. The number of aromatic nitrogens is 1. The SMILES string of the molecule is Cc1cnc(C(C)NC(=O)C(N)Cc2ccc(O)cc2)s1. The molecule has 2 atom stereocenters. The maximum Gasteiger partial charge on any atom is 0.237 e. The number of carbonyl (C=O) groups excluding carboxylic acids is 1. The first kappa shape index (κ1) is 15.5. The van der Waals surface area contributed by atoms with E-state index in [1.165, 1.54) is 0 Å². The van der Waals surface area contributed by atoms with Gasteiger partial charge in [-0.25, -0.2) is 4.98 Å². The van der Waals surface area contributed by atoms with E-state index in [-0.39, 0.29) is 17.7 Å². The fourth-order valence-electron chi connectivity index (χ4n) is 1.93. The monoisotopic (exact) mass is 305 g/mol. The fourth-order valence-corrected chi connectivity index (χ4v) is 2.71. The highest BCUT2D eigenvalue weighted by molar-refractivity contribution is 7.11. The molecular formula is C15H19N3O2S. The molecule has 5 nitrogen and oxygen atoms in total. The number of phenols is 1. The summed E-state index contributed by atoms with van der Waals surface area (Å²) in [6.45, 7) is 3.87. The molecule has 0 saturated carbocycles. The number of hydrogen-bond acceptors (Lipinski definition) is 5. The molecular weight excluding hydrogens is 286 g/mol. The normalized spacial score (nSPS) is 13.7. The van der Waals surface area contributed by atoms with Crippen LogP contribution in [-0.2, 0) is 11.2 Å². The minimum Gasteiger partial charge on any atom is -0.508 e. The lowest BCUT2D eigenvalue weighted by Crippen LogP contribution is -2.42. The van der Waals surface area contributed by atoms with E-state index in [4.69, 9.17) is 5.73 Å². The van der Waals surface area contributed by atoms with Crippen molar-refractivity contribution in [3.05, 3.63) is 45.9 Å². The van der Waals surface area contributed by atoms with Crippen molar-refractivity contribution >= 4 is 17.2 Å². The van der Waals surface area contributed by atoms with Gasteiger partial charge in [0.25, 0.3) is 0 Å². The van der Waals surface area contributed by atoms with E-state index in [0.717, 1.165) is 15.4 Å². The van der Waals surface area contributed by atoms with Crippen LogP contribution in [-0.4, -0.2) is 22.0 Å². The smallest absolute Gasteiger partial charge is 0.237 e. The van der Waals surface area contributed by atoms with Gasteiger partial charge in [0.2, 0.25) is 5.91 Å². The molecule has 6 heteroatoms. The Balaban J connectivity index is 1.91. The third-order valence-electron chi connectivity index (χ3n) is 3.10. The summed E-state index contributed by atoms with van der Waals surface area (Å²) in [4.78, 5) is 17.5. The minimum absolute atomic E-state index is 0.151. The highest BCUT2D eigenvalue weighted by atomic mass is 32.1. The van der Waals surface area contributed by atoms with Crippen LogP contribution in [0.4, 0.5) is 0 Å². The molecule has 0 radical (unpaired) electrons. The number of benzene rings is 1. The van der Waals surface area contributed by atoms with Crippen LogP contribution in [0.2, 0.25) is 0 Å². The lowest BCUT2D eigenvalue weighted by atomic mass is 10.1. The van der Waals surface area contributed by atoms with Gasteiger partial charge in [0.15, 0.2) is 0 Å². The van der Waals surface area contributed by atoms with Crippen LogP contribution in [0, 0.1) is 6.92 Å². The molecule has 2 rings (SSSR count). The average molecular weight is 305 g/mol. The number of aromatic hydroxyl groups is 1. The van der Waals surface area contributed by atoms with Crippen LogP contribution in [0.15, 0.2) is 30.5 Å². The number of rotatable bonds is 5. The number of nitrogens with two attached hydrogens (primary N) is 1. The summed E-state index contributed by atoms with van der Waals surface area (Å²) in [5.74, 6) is -0.00652. The quantitative estimate of drug-likeness (QED) is 0.787. The van der Waals surface area contributed by atoms with Gasteiger partial charge in [0, 0.05) is 11.1 Å². The van der Waals surface area contributed by atoms with Crippen LogP contribution in [0.5, 0.6) is 5.75 Å². The number of hydrogen-bond donors (Lipinski definition) is 3. The molecule has 2 unspecified atom stereocenters. The highest BCUT2D eigenvalue weighted by Gasteiger charge is 2.18. The summed E-state index contributed by atoms with van der Waals surface area (Å²) in [5.41, 5.74) is 6.84. The van der Waals surface area contributed by atoms with E-state index < -0.39 is 6.04 Å². The molecule has 1 aromatic carbocycles. The average Bonchev–Trinajstić information content (AvgIpc) is 2.88. The maximum atomic E-state index is 12.1. The molecule has 0 aliphatic carbocycles. The number of nitrogens with zero attached hydrogens (tertiary/aromatic N) is 1. The van der Waals surface area contributed by atoms with E-state index >= 15 is 0 Å². The highest BCUT2D eigenvalue weighted by Crippen LogP contribution is 2.19. The Morgan fingerprint density at radius 3 is 2.67 bits per heavy atom. The van der Waals surface area contributed by atoms with Crippen molar-refractivity contribution in [3.8, 4) is 5.75 Å². The van der Waals surface area contributed by atoms with Gasteiger partial charge in [-0.2, -0.15) is 0 Å². The predicted octanol–water partition coefficient (Wildman–Crippen LogP) is 1.90. The summed E-state index contributed by atoms with van der Waals surface area (Å²) in [6, 6.07) is 5.91. The van der Waals surface area contributed by atoms with Crippen LogP contribution < -0.4 is 11.1 Å². The molecule has 0 saturated heterocycles. The predicted molar refractivity (Wildman–Crippen MR) is 83.2 cm³/mol. The molecule has 4 N–H and O–H groups in total. The lowest BCUT2D eigenvalue weighted by Gasteiger charge is -2.16. The lowest BCUT2D eigenvalue weighted by molar-refractivity contribution is -0.123. The van der Waals surface area contributed by atoms with E-state index in [0.29, 0.717) is 6.42 Å². The number of nitrogens with one attached hydrogen (secondary N) is 1. The Labute approximate surface area is 127 Å². The molecule has 0 aliphatic heterocycles. The second-order valence-electron chi connectivity index (χ2n) is 5.02. The Morgan fingerprint density at radius 1 is 1.43 bits per heavy atom. The fraction of sp³-hybridized carbons (Fsp3) is 0.333. The molecule has 21 heavy (non-hydrogen) atoms. The molecule has 0 bridgehead atoms. The van der Waals surface area contributed by atoms with Gasteiger partial charge in [0.05, 0.1) is 12.1 Å². The first-order valence-electron chi connectivity index (χ1n) is 6.72. The van der Waals surface area contributed by atoms with Crippen LogP contribution >= 0.6 is 11.3 Å².